The number of amides is 1. The molecule has 4 rings (SSSR count). The van der Waals surface area contributed by atoms with Gasteiger partial charge >= 0.3 is 0 Å². The summed E-state index contributed by atoms with van der Waals surface area (Å²) in [6.07, 6.45) is 1.65. The van der Waals surface area contributed by atoms with Gasteiger partial charge in [0, 0.05) is 22.3 Å². The van der Waals surface area contributed by atoms with Crippen molar-refractivity contribution in [1.29, 1.82) is 0 Å². The molecule has 4 aromatic rings. The molecular weight excluding hydrogens is 386 g/mol. The average molecular weight is 404 g/mol. The summed E-state index contributed by atoms with van der Waals surface area (Å²) in [5, 5.41) is 4.26. The largest absolute Gasteiger partial charge is 0.321 e. The normalized spacial score (nSPS) is 10.8. The van der Waals surface area contributed by atoms with Crippen LogP contribution in [0.2, 0.25) is 5.02 Å². The van der Waals surface area contributed by atoms with Gasteiger partial charge in [0.15, 0.2) is 0 Å². The topological polar surface area (TPSA) is 64.0 Å². The summed E-state index contributed by atoms with van der Waals surface area (Å²) in [5.41, 5.74) is 2.69. The van der Waals surface area contributed by atoms with Gasteiger partial charge in [0.2, 0.25) is 0 Å². The zero-order valence-corrected chi connectivity index (χ0v) is 16.5. The lowest BCUT2D eigenvalue weighted by atomic mass is 10.1. The van der Waals surface area contributed by atoms with E-state index in [1.165, 1.54) is 10.6 Å². The molecule has 1 N–H and O–H groups in total. The molecule has 2 heterocycles. The van der Waals surface area contributed by atoms with Gasteiger partial charge in [-0.2, -0.15) is 0 Å². The predicted molar refractivity (Wildman–Crippen MR) is 116 cm³/mol. The summed E-state index contributed by atoms with van der Waals surface area (Å²) in [5.74, 6) is -0.459. The summed E-state index contributed by atoms with van der Waals surface area (Å²) in [4.78, 5) is 30.3. The predicted octanol–water partition coefficient (Wildman–Crippen LogP) is 4.66. The molecule has 2 aromatic carbocycles. The number of hydrogen-bond acceptors (Lipinski definition) is 3. The number of fused-ring (bicyclic) bond motifs is 1. The van der Waals surface area contributed by atoms with Crippen LogP contribution in [0.1, 0.15) is 21.6 Å². The van der Waals surface area contributed by atoms with Gasteiger partial charge in [-0.15, -0.1) is 0 Å². The Morgan fingerprint density at radius 3 is 2.66 bits per heavy atom. The highest BCUT2D eigenvalue weighted by atomic mass is 35.5. The van der Waals surface area contributed by atoms with Crippen molar-refractivity contribution in [2.24, 2.45) is 0 Å². The van der Waals surface area contributed by atoms with Crippen LogP contribution in [-0.2, 0) is 6.54 Å². The third-order valence-electron chi connectivity index (χ3n) is 4.66. The maximum atomic E-state index is 12.9. The summed E-state index contributed by atoms with van der Waals surface area (Å²) >= 11 is 6.21. The highest BCUT2D eigenvalue weighted by Gasteiger charge is 2.15. The Labute approximate surface area is 172 Å². The Kier molecular flexibility index (Phi) is 5.14. The molecule has 0 saturated heterocycles. The van der Waals surface area contributed by atoms with Gasteiger partial charge < -0.3 is 9.88 Å². The molecule has 0 spiro atoms. The van der Waals surface area contributed by atoms with Crippen molar-refractivity contribution in [3.05, 3.63) is 105 Å². The first-order chi connectivity index (χ1) is 14.0. The van der Waals surface area contributed by atoms with Crippen LogP contribution in [0.4, 0.5) is 5.69 Å². The average Bonchev–Trinajstić information content (AvgIpc) is 2.71. The van der Waals surface area contributed by atoms with Crippen molar-refractivity contribution in [2.75, 3.05) is 5.32 Å². The Morgan fingerprint density at radius 2 is 1.83 bits per heavy atom. The molecule has 5 nitrogen and oxygen atoms in total. The van der Waals surface area contributed by atoms with Gasteiger partial charge in [0.25, 0.3) is 11.5 Å². The van der Waals surface area contributed by atoms with E-state index in [-0.39, 0.29) is 17.7 Å². The number of nitrogens with one attached hydrogen (secondary N) is 1. The number of rotatable bonds is 4. The number of halogens is 1. The van der Waals surface area contributed by atoms with Crippen molar-refractivity contribution >= 4 is 34.1 Å². The van der Waals surface area contributed by atoms with E-state index in [0.29, 0.717) is 10.7 Å². The van der Waals surface area contributed by atoms with Crippen LogP contribution in [0, 0.1) is 6.92 Å². The van der Waals surface area contributed by atoms with Crippen molar-refractivity contribution < 1.29 is 4.79 Å². The maximum absolute atomic E-state index is 12.9. The Hall–Kier alpha value is -3.44. The fraction of sp³-hybridized carbons (Fsp3) is 0.0870. The Bertz CT molecular complexity index is 1280. The Balaban J connectivity index is 1.67. The number of carbonyl (C=O) groups is 1. The minimum Gasteiger partial charge on any atom is -0.321 e. The van der Waals surface area contributed by atoms with Gasteiger partial charge in [-0.3, -0.25) is 14.6 Å². The molecular formula is C23H18ClN3O2. The molecule has 0 aliphatic rings. The smallest absolute Gasteiger partial charge is 0.263 e. The number of hydrogen-bond donors (Lipinski definition) is 1. The van der Waals surface area contributed by atoms with E-state index in [1.54, 1.807) is 24.4 Å². The van der Waals surface area contributed by atoms with Crippen molar-refractivity contribution in [3.63, 3.8) is 0 Å². The first kappa shape index (κ1) is 18.9. The number of pyridine rings is 2. The quantitative estimate of drug-likeness (QED) is 0.539. The van der Waals surface area contributed by atoms with E-state index >= 15 is 0 Å². The molecule has 144 valence electrons. The number of nitrogens with zero attached hydrogens (tertiary/aromatic N) is 2. The second-order valence-corrected chi connectivity index (χ2v) is 7.14. The fourth-order valence-corrected chi connectivity index (χ4v) is 3.44. The number of carbonyl (C=O) groups excluding carboxylic acids is 1. The number of aromatic nitrogens is 2. The SMILES string of the molecule is Cc1cc(NC(=O)c2cccn(Cc3ccccc3Cl)c2=O)c2ccccc2n1. The van der Waals surface area contributed by atoms with Crippen LogP contribution in [0.3, 0.4) is 0 Å². The van der Waals surface area contributed by atoms with Crippen LogP contribution < -0.4 is 10.9 Å². The molecule has 6 heteroatoms. The number of para-hydroxylation sites is 1. The molecule has 0 saturated carbocycles. The lowest BCUT2D eigenvalue weighted by Crippen LogP contribution is -2.29. The third kappa shape index (κ3) is 3.91. The molecule has 1 amide bonds. The molecule has 0 aliphatic carbocycles. The zero-order chi connectivity index (χ0) is 20.4. The lowest BCUT2D eigenvalue weighted by molar-refractivity contribution is 0.102. The molecule has 0 aliphatic heterocycles. The summed E-state index contributed by atoms with van der Waals surface area (Å²) in [6, 6.07) is 19.9. The van der Waals surface area contributed by atoms with Crippen LogP contribution in [0.15, 0.2) is 77.7 Å². The van der Waals surface area contributed by atoms with E-state index < -0.39 is 5.91 Å². The van der Waals surface area contributed by atoms with E-state index in [4.69, 9.17) is 11.6 Å². The molecule has 29 heavy (non-hydrogen) atoms. The molecule has 0 fully saturated rings. The first-order valence-corrected chi connectivity index (χ1v) is 9.51. The van der Waals surface area contributed by atoms with Crippen molar-refractivity contribution in [1.82, 2.24) is 9.55 Å². The van der Waals surface area contributed by atoms with Gasteiger partial charge in [-0.25, -0.2) is 0 Å². The highest BCUT2D eigenvalue weighted by molar-refractivity contribution is 6.31. The second kappa shape index (κ2) is 7.89. The van der Waals surface area contributed by atoms with Gasteiger partial charge in [-0.1, -0.05) is 48.0 Å². The second-order valence-electron chi connectivity index (χ2n) is 6.73. The van der Waals surface area contributed by atoms with Crippen LogP contribution in [0.25, 0.3) is 10.9 Å². The van der Waals surface area contributed by atoms with Gasteiger partial charge in [-0.05, 0) is 42.8 Å². The standard InChI is InChI=1S/C23H18ClN3O2/c1-15-13-21(17-8-3-5-11-20(17)25-15)26-22(28)18-9-6-12-27(23(18)29)14-16-7-2-4-10-19(16)24/h2-13H,14H2,1H3,(H,25,26,28). The lowest BCUT2D eigenvalue weighted by Gasteiger charge is -2.11. The van der Waals surface area contributed by atoms with Gasteiger partial charge in [0.1, 0.15) is 5.56 Å². The minimum absolute atomic E-state index is 0.0677. The number of anilines is 1. The molecule has 0 unspecified atom stereocenters. The monoisotopic (exact) mass is 403 g/mol. The fourth-order valence-electron chi connectivity index (χ4n) is 3.25. The number of benzene rings is 2. The number of aryl methyl sites for hydroxylation is 1. The van der Waals surface area contributed by atoms with Crippen LogP contribution in [-0.4, -0.2) is 15.5 Å². The summed E-state index contributed by atoms with van der Waals surface area (Å²) in [7, 11) is 0. The third-order valence-corrected chi connectivity index (χ3v) is 5.02. The van der Waals surface area contributed by atoms with Crippen LogP contribution >= 0.6 is 11.6 Å². The maximum Gasteiger partial charge on any atom is 0.263 e. The molecule has 0 bridgehead atoms. The van der Waals surface area contributed by atoms with E-state index in [9.17, 15) is 9.59 Å². The summed E-state index contributed by atoms with van der Waals surface area (Å²) < 4.78 is 1.48. The molecule has 0 atom stereocenters. The van der Waals surface area contributed by atoms with Crippen molar-refractivity contribution in [2.45, 2.75) is 13.5 Å². The zero-order valence-electron chi connectivity index (χ0n) is 15.7. The van der Waals surface area contributed by atoms with E-state index in [1.807, 2.05) is 49.4 Å². The van der Waals surface area contributed by atoms with Gasteiger partial charge in [0.05, 0.1) is 17.7 Å². The van der Waals surface area contributed by atoms with E-state index in [0.717, 1.165) is 22.2 Å². The Morgan fingerprint density at radius 1 is 1.07 bits per heavy atom. The minimum atomic E-state index is -0.459. The van der Waals surface area contributed by atoms with Crippen molar-refractivity contribution in [3.8, 4) is 0 Å². The highest BCUT2D eigenvalue weighted by Crippen LogP contribution is 2.23. The molecule has 0 radical (unpaired) electrons. The first-order valence-electron chi connectivity index (χ1n) is 9.13. The summed E-state index contributed by atoms with van der Waals surface area (Å²) in [6.45, 7) is 2.15. The van der Waals surface area contributed by atoms with Crippen LogP contribution in [0.5, 0.6) is 0 Å². The van der Waals surface area contributed by atoms with E-state index in [2.05, 4.69) is 10.3 Å². The molecule has 2 aromatic heterocycles.